The number of alkyl halides is 2. The number of halogens is 3. The maximum absolute atomic E-state index is 13.3. The highest BCUT2D eigenvalue weighted by Gasteiger charge is 2.22. The Morgan fingerprint density at radius 3 is 1.49 bits per heavy atom. The number of carbonyl (C=O) groups is 4. The second-order valence-corrected chi connectivity index (χ2v) is 12.6. The largest absolute Gasteiger partial charge is 0.388 e. The summed E-state index contributed by atoms with van der Waals surface area (Å²) in [6.45, 7) is 10.4. The first-order chi connectivity index (χ1) is 23.8. The lowest BCUT2D eigenvalue weighted by Gasteiger charge is -2.27. The molecule has 0 aliphatic carbocycles. The number of H-pyrrole nitrogens is 3. The van der Waals surface area contributed by atoms with Crippen LogP contribution in [0.25, 0.3) is 0 Å². The lowest BCUT2D eigenvalue weighted by Crippen LogP contribution is -2.29. The molecule has 0 aliphatic heterocycles. The first-order valence-electron chi connectivity index (χ1n) is 15.8. The molecule has 14 nitrogen and oxygen atoms in total. The van der Waals surface area contributed by atoms with E-state index in [9.17, 15) is 19.2 Å². The van der Waals surface area contributed by atoms with Crippen LogP contribution in [0.15, 0.2) is 30.7 Å². The third-order valence-electron chi connectivity index (χ3n) is 8.30. The molecule has 3 heterocycles. The minimum Gasteiger partial charge on any atom is -0.388 e. The molecular formula is C34H43Cl3N10O4. The second kappa shape index (κ2) is 17.8. The molecule has 0 saturated heterocycles. The number of benzene rings is 1. The fourth-order valence-electron chi connectivity index (χ4n) is 5.67. The summed E-state index contributed by atoms with van der Waals surface area (Å²) < 4.78 is 0. The van der Waals surface area contributed by atoms with Gasteiger partial charge in [0, 0.05) is 84.3 Å². The molecule has 0 aliphatic rings. The zero-order valence-corrected chi connectivity index (χ0v) is 31.3. The molecule has 4 amide bonds. The number of nitrogens with one attached hydrogen (secondary N) is 8. The van der Waals surface area contributed by atoms with Crippen molar-refractivity contribution in [2.45, 2.75) is 41.0 Å². The van der Waals surface area contributed by atoms with Crippen molar-refractivity contribution in [2.75, 3.05) is 52.2 Å². The average molecular weight is 762 g/mol. The maximum atomic E-state index is 13.3. The van der Waals surface area contributed by atoms with Crippen LogP contribution in [0.3, 0.4) is 0 Å². The van der Waals surface area contributed by atoms with Gasteiger partial charge in [-0.1, -0.05) is 0 Å². The highest BCUT2D eigenvalue weighted by molar-refractivity contribution is 6.18. The van der Waals surface area contributed by atoms with Crippen LogP contribution in [0.4, 0.5) is 22.7 Å². The molecule has 1 aromatic carbocycles. The predicted molar refractivity (Wildman–Crippen MR) is 206 cm³/mol. The SMILES string of the molecule is Cc1cc(C(=O)Nc2c[nH]c(C(=O)Nc3c[nH]c(C(=O)Nc4c[nH]c(C(=O)NCCC(=N)N)c4C)c3C)c2C)cc(C)c1N(CCCl)CCCl.Cl. The molecule has 10 N–H and O–H groups in total. The Kier molecular flexibility index (Phi) is 14.2. The van der Waals surface area contributed by atoms with E-state index < -0.39 is 11.8 Å². The number of aryl methyl sites for hydroxylation is 2. The summed E-state index contributed by atoms with van der Waals surface area (Å²) in [5.74, 6) is -0.789. The lowest BCUT2D eigenvalue weighted by atomic mass is 10.0. The van der Waals surface area contributed by atoms with Gasteiger partial charge in [-0.3, -0.25) is 24.6 Å². The molecule has 274 valence electrons. The third kappa shape index (κ3) is 9.45. The molecule has 0 bridgehead atoms. The van der Waals surface area contributed by atoms with Crippen molar-refractivity contribution >= 4 is 87.8 Å². The minimum absolute atomic E-state index is 0. The quantitative estimate of drug-likeness (QED) is 0.0418. The number of amides is 4. The molecule has 0 fully saturated rings. The fraction of sp³-hybridized carbons (Fsp3) is 0.324. The van der Waals surface area contributed by atoms with Gasteiger partial charge in [0.15, 0.2) is 0 Å². The highest BCUT2D eigenvalue weighted by Crippen LogP contribution is 2.29. The molecule has 4 rings (SSSR count). The number of anilines is 4. The number of carbonyl (C=O) groups excluding carboxylic acids is 4. The summed E-state index contributed by atoms with van der Waals surface area (Å²) in [5.41, 5.74) is 12.2. The fourth-order valence-corrected chi connectivity index (χ4v) is 6.08. The summed E-state index contributed by atoms with van der Waals surface area (Å²) in [6.07, 6.45) is 4.80. The number of nitrogens with zero attached hydrogens (tertiary/aromatic N) is 1. The number of hydrogen-bond acceptors (Lipinski definition) is 6. The summed E-state index contributed by atoms with van der Waals surface area (Å²) in [6, 6.07) is 3.63. The highest BCUT2D eigenvalue weighted by atomic mass is 35.5. The van der Waals surface area contributed by atoms with Gasteiger partial charge in [0.25, 0.3) is 23.6 Å². The molecule has 3 aromatic heterocycles. The summed E-state index contributed by atoms with van der Waals surface area (Å²) in [7, 11) is 0. The number of aromatic nitrogens is 3. The van der Waals surface area contributed by atoms with Crippen molar-refractivity contribution in [3.05, 3.63) is 81.2 Å². The van der Waals surface area contributed by atoms with Crippen LogP contribution in [-0.4, -0.2) is 75.8 Å². The molecule has 4 aromatic rings. The van der Waals surface area contributed by atoms with Crippen LogP contribution < -0.4 is 31.9 Å². The van der Waals surface area contributed by atoms with Crippen LogP contribution >= 0.6 is 35.6 Å². The van der Waals surface area contributed by atoms with Crippen molar-refractivity contribution in [3.8, 4) is 0 Å². The van der Waals surface area contributed by atoms with E-state index in [0.717, 1.165) is 16.8 Å². The summed E-state index contributed by atoms with van der Waals surface area (Å²) in [4.78, 5) is 63.0. The van der Waals surface area contributed by atoms with Crippen molar-refractivity contribution < 1.29 is 19.2 Å². The Labute approximate surface area is 311 Å². The van der Waals surface area contributed by atoms with Gasteiger partial charge in [-0.05, 0) is 57.9 Å². The first kappa shape index (κ1) is 40.5. The molecule has 0 atom stereocenters. The maximum Gasteiger partial charge on any atom is 0.272 e. The summed E-state index contributed by atoms with van der Waals surface area (Å²) >= 11 is 12.0. The third-order valence-corrected chi connectivity index (χ3v) is 8.64. The van der Waals surface area contributed by atoms with Crippen LogP contribution in [0.5, 0.6) is 0 Å². The Morgan fingerprint density at radius 2 is 1.10 bits per heavy atom. The first-order valence-corrected chi connectivity index (χ1v) is 16.9. The van der Waals surface area contributed by atoms with Gasteiger partial charge in [0.1, 0.15) is 17.1 Å². The van der Waals surface area contributed by atoms with E-state index >= 15 is 0 Å². The molecule has 0 spiro atoms. The van der Waals surface area contributed by atoms with E-state index in [1.807, 2.05) is 26.0 Å². The Balaban J connectivity index is 0.00000702. The van der Waals surface area contributed by atoms with Gasteiger partial charge < -0.3 is 46.9 Å². The van der Waals surface area contributed by atoms with Crippen LogP contribution in [0.1, 0.15) is 76.1 Å². The Morgan fingerprint density at radius 1 is 0.706 bits per heavy atom. The molecule has 0 radical (unpaired) electrons. The van der Waals surface area contributed by atoms with E-state index in [-0.39, 0.29) is 60.1 Å². The van der Waals surface area contributed by atoms with Crippen molar-refractivity contribution in [1.82, 2.24) is 20.3 Å². The van der Waals surface area contributed by atoms with Gasteiger partial charge in [-0.2, -0.15) is 0 Å². The van der Waals surface area contributed by atoms with Crippen LogP contribution in [0.2, 0.25) is 0 Å². The molecule has 0 unspecified atom stereocenters. The molecule has 51 heavy (non-hydrogen) atoms. The number of aromatic amines is 3. The van der Waals surface area contributed by atoms with E-state index in [2.05, 4.69) is 41.1 Å². The summed E-state index contributed by atoms with van der Waals surface area (Å²) in [5, 5.41) is 18.4. The second-order valence-electron chi connectivity index (χ2n) is 11.8. The van der Waals surface area contributed by atoms with Gasteiger partial charge >= 0.3 is 0 Å². The Hall–Kier alpha value is -4.92. The van der Waals surface area contributed by atoms with Gasteiger partial charge in [-0.15, -0.1) is 35.6 Å². The predicted octanol–water partition coefficient (Wildman–Crippen LogP) is 5.73. The molecule has 17 heteroatoms. The van der Waals surface area contributed by atoms with E-state index in [0.29, 0.717) is 64.2 Å². The lowest BCUT2D eigenvalue weighted by molar-refractivity contribution is 0.0947. The average Bonchev–Trinajstić information content (AvgIpc) is 3.72. The monoisotopic (exact) mass is 760 g/mol. The topological polar surface area (TPSA) is 217 Å². The van der Waals surface area contributed by atoms with Gasteiger partial charge in [-0.25, -0.2) is 0 Å². The van der Waals surface area contributed by atoms with E-state index in [1.54, 1.807) is 27.0 Å². The van der Waals surface area contributed by atoms with Crippen LogP contribution in [-0.2, 0) is 0 Å². The zero-order valence-electron chi connectivity index (χ0n) is 29.0. The molecular weight excluding hydrogens is 719 g/mol. The number of hydrogen-bond donors (Lipinski definition) is 9. The smallest absolute Gasteiger partial charge is 0.272 e. The van der Waals surface area contributed by atoms with E-state index in [4.69, 9.17) is 34.3 Å². The number of amidine groups is 1. The standard InChI is InChI=1S/C34H42Cl2N10O4.ClH/c1-17-12-22(13-18(2)30(17)46(10-7-35)11-8-36)31(47)43-23-14-41-28(20(23)4)33(49)45-25-16-42-29(21(25)5)34(50)44-24-15-40-27(19(24)3)32(48)39-9-6-26(37)38;/h12-16,40-42H,6-11H2,1-5H3,(H3,37,38)(H,39,48)(H,43,47)(H,44,50)(H,45,49);1H. The number of nitrogens with two attached hydrogens (primary N) is 1. The van der Waals surface area contributed by atoms with Crippen molar-refractivity contribution in [3.63, 3.8) is 0 Å². The zero-order chi connectivity index (χ0) is 36.7. The minimum atomic E-state index is -0.473. The normalized spacial score (nSPS) is 10.6. The number of rotatable bonds is 15. The van der Waals surface area contributed by atoms with Gasteiger partial charge in [0.2, 0.25) is 0 Å². The van der Waals surface area contributed by atoms with E-state index in [1.165, 1.54) is 12.4 Å². The Bertz CT molecular complexity index is 1900. The van der Waals surface area contributed by atoms with Crippen LogP contribution in [0, 0.1) is 40.0 Å². The van der Waals surface area contributed by atoms with Gasteiger partial charge in [0.05, 0.1) is 22.9 Å². The van der Waals surface area contributed by atoms with Crippen molar-refractivity contribution in [1.29, 1.82) is 5.41 Å². The van der Waals surface area contributed by atoms with Crippen molar-refractivity contribution in [2.24, 2.45) is 5.73 Å². The molecule has 0 saturated carbocycles.